The van der Waals surface area contributed by atoms with Gasteiger partial charge in [0.25, 0.3) is 0 Å². The molecule has 0 amide bonds. The van der Waals surface area contributed by atoms with Crippen LogP contribution >= 0.6 is 0 Å². The number of carboxylic acids is 4. The third kappa shape index (κ3) is 17.2. The van der Waals surface area contributed by atoms with E-state index in [1.54, 1.807) is 0 Å². The van der Waals surface area contributed by atoms with Crippen molar-refractivity contribution in [2.45, 2.75) is 25.7 Å². The van der Waals surface area contributed by atoms with Crippen LogP contribution in [0.1, 0.15) is 25.7 Å². The Morgan fingerprint density at radius 1 is 0.524 bits per heavy atom. The van der Waals surface area contributed by atoms with Crippen molar-refractivity contribution in [3.8, 4) is 0 Å². The molecule has 0 heterocycles. The van der Waals surface area contributed by atoms with Crippen LogP contribution < -0.4 is 20.4 Å². The van der Waals surface area contributed by atoms with Crippen LogP contribution in [0.3, 0.4) is 0 Å². The van der Waals surface area contributed by atoms with Crippen LogP contribution in [0, 0.1) is 7.43 Å². The third-order valence-corrected chi connectivity index (χ3v) is 1.57. The average Bonchev–Trinajstić information content (AvgIpc) is 2.33. The summed E-state index contributed by atoms with van der Waals surface area (Å²) in [6.07, 6.45) is -2.28. The molecule has 0 saturated carbocycles. The molecule has 0 N–H and O–H groups in total. The Bertz CT molecular complexity index is 383. The Balaban J connectivity index is -0.000000295. The topological polar surface area (TPSA) is 195 Å². The number of carbonyl (C=O) groups is 6. The van der Waals surface area contributed by atoms with E-state index in [-0.39, 0.29) is 7.43 Å². The summed E-state index contributed by atoms with van der Waals surface area (Å²) in [5.41, 5.74) is 0. The maximum absolute atomic E-state index is 10.1. The molecule has 0 bridgehead atoms. The number of carbonyl (C=O) groups excluding carboxylic acids is 6. The fraction of sp³-hybridized carbons (Fsp3) is 0.364. The zero-order valence-corrected chi connectivity index (χ0v) is 10.4. The molecule has 0 aromatic heterocycles. The van der Waals surface area contributed by atoms with E-state index >= 15 is 0 Å². The maximum Gasteiger partial charge on any atom is 4.00 e. The summed E-state index contributed by atoms with van der Waals surface area (Å²) in [5, 5.41) is 38.6. The molecular formula is C11H8O10. The van der Waals surface area contributed by atoms with Gasteiger partial charge in [0.2, 0.25) is 0 Å². The quantitative estimate of drug-likeness (QED) is 0.389. The first-order valence-corrected chi connectivity index (χ1v) is 4.96. The first-order chi connectivity index (χ1) is 9.07. The molecule has 0 saturated heterocycles. The first kappa shape index (κ1) is 23.3. The zero-order chi connectivity index (χ0) is 16.3. The molecule has 0 rings (SSSR count). The Hall–Kier alpha value is -2.78. The van der Waals surface area contributed by atoms with Crippen LogP contribution in [0.5, 0.6) is 0 Å². The van der Waals surface area contributed by atoms with Gasteiger partial charge >= 0.3 is 7.43 Å². The predicted molar refractivity (Wildman–Crippen MR) is 51.8 cm³/mol. The number of Topliss-reactive ketones (excluding diaryl/α,β-unsaturated/α-hetero) is 2. The molecule has 0 aromatic carbocycles. The molecule has 10 nitrogen and oxygen atoms in total. The molecule has 0 spiro atoms. The molecule has 0 atom stereocenters. The molecule has 0 aliphatic carbocycles. The monoisotopic (exact) mass is 300 g/mol. The van der Waals surface area contributed by atoms with Crippen LogP contribution in [0.2, 0.25) is 0 Å². The van der Waals surface area contributed by atoms with E-state index in [0.29, 0.717) is 0 Å². The minimum Gasteiger partial charge on any atom is -0.550 e. The summed E-state index contributed by atoms with van der Waals surface area (Å²) in [5.74, 6) is -9.06. The van der Waals surface area contributed by atoms with E-state index in [1.807, 2.05) is 0 Å². The summed E-state index contributed by atoms with van der Waals surface area (Å²) in [6.45, 7) is 0. The van der Waals surface area contributed by atoms with Gasteiger partial charge in [-0.2, -0.15) is 0 Å². The molecule has 0 radical (unpaired) electrons. The summed E-state index contributed by atoms with van der Waals surface area (Å²) >= 11 is 0. The minimum absolute atomic E-state index is 0. The van der Waals surface area contributed by atoms with E-state index < -0.39 is 61.1 Å². The molecule has 21 heavy (non-hydrogen) atoms. The average molecular weight is 300 g/mol. The molecule has 0 aliphatic heterocycles. The van der Waals surface area contributed by atoms with Crippen LogP contribution in [0.4, 0.5) is 0 Å². The summed E-state index contributed by atoms with van der Waals surface area (Å²) in [7, 11) is 0. The predicted octanol–water partition coefficient (Wildman–Crippen LogP) is -6.25. The van der Waals surface area contributed by atoms with Crippen molar-refractivity contribution in [3.63, 3.8) is 0 Å². The van der Waals surface area contributed by atoms with Gasteiger partial charge in [-0.05, 0) is 12.8 Å². The maximum atomic E-state index is 10.1. The third-order valence-electron chi connectivity index (χ3n) is 1.57. The van der Waals surface area contributed by atoms with Crippen molar-refractivity contribution in [2.75, 3.05) is 0 Å². The summed E-state index contributed by atoms with van der Waals surface area (Å²) in [6, 6.07) is 0. The summed E-state index contributed by atoms with van der Waals surface area (Å²) in [4.78, 5) is 58.8. The van der Waals surface area contributed by atoms with Crippen molar-refractivity contribution >= 4 is 35.4 Å². The Morgan fingerprint density at radius 3 is 0.905 bits per heavy atom. The number of carboxylic acid groups (broad SMARTS) is 4. The van der Waals surface area contributed by atoms with Gasteiger partial charge in [0.1, 0.15) is 11.9 Å². The molecule has 10 heteroatoms. The van der Waals surface area contributed by atoms with Gasteiger partial charge in [-0.3, -0.25) is 9.59 Å². The van der Waals surface area contributed by atoms with Gasteiger partial charge < -0.3 is 39.6 Å². The van der Waals surface area contributed by atoms with Gasteiger partial charge in [0, 0.05) is 24.8 Å². The van der Waals surface area contributed by atoms with Gasteiger partial charge in [0.15, 0.2) is 11.6 Å². The minimum atomic E-state index is -1.86. The van der Waals surface area contributed by atoms with Crippen LogP contribution in [0.15, 0.2) is 0 Å². The van der Waals surface area contributed by atoms with E-state index in [9.17, 15) is 49.2 Å². The van der Waals surface area contributed by atoms with Gasteiger partial charge in [-0.25, -0.2) is 0 Å². The SMILES string of the molecule is O=C([O-])CCC(=O)C(=O)[O-].O=C([O-])CCC(=O)C(=O)[O-].[C+4]. The number of rotatable bonds is 8. The standard InChI is InChI=1S/2C5H6O5.C/c2*6-3(5(9)10)1-2-4(7)8;/h2*1-2H2,(H,7,8)(H,9,10);/q;;+4/p-4. The second-order valence-electron chi connectivity index (χ2n) is 3.17. The van der Waals surface area contributed by atoms with Gasteiger partial charge in [0.05, 0.1) is 0 Å². The van der Waals surface area contributed by atoms with Crippen LogP contribution in [-0.4, -0.2) is 35.4 Å². The van der Waals surface area contributed by atoms with E-state index in [4.69, 9.17) is 0 Å². The molecule has 0 aromatic rings. The molecule has 112 valence electrons. The van der Waals surface area contributed by atoms with Crippen molar-refractivity contribution in [1.29, 1.82) is 0 Å². The smallest absolute Gasteiger partial charge is 0.550 e. The van der Waals surface area contributed by atoms with Crippen molar-refractivity contribution < 1.29 is 49.2 Å². The fourth-order valence-electron chi connectivity index (χ4n) is 0.635. The number of ketones is 2. The Labute approximate surface area is 119 Å². The molecular weight excluding hydrogens is 292 g/mol. The number of hydrogen-bond donors (Lipinski definition) is 0. The van der Waals surface area contributed by atoms with Crippen LogP contribution in [-0.2, 0) is 28.8 Å². The van der Waals surface area contributed by atoms with Crippen LogP contribution in [0.25, 0.3) is 0 Å². The second kappa shape index (κ2) is 12.3. The molecule has 0 aliphatic rings. The van der Waals surface area contributed by atoms with Crippen molar-refractivity contribution in [2.24, 2.45) is 0 Å². The normalized spacial score (nSPS) is 8.38. The van der Waals surface area contributed by atoms with E-state index in [0.717, 1.165) is 0 Å². The number of hydrogen-bond acceptors (Lipinski definition) is 10. The largest absolute Gasteiger partial charge is 4.00 e. The van der Waals surface area contributed by atoms with Gasteiger partial charge in [-0.1, -0.05) is 0 Å². The fourth-order valence-corrected chi connectivity index (χ4v) is 0.635. The first-order valence-electron chi connectivity index (χ1n) is 4.96. The number of aliphatic carboxylic acids is 4. The van der Waals surface area contributed by atoms with E-state index in [1.165, 1.54) is 0 Å². The Kier molecular flexibility index (Phi) is 13.6. The molecule has 0 fully saturated rings. The van der Waals surface area contributed by atoms with Gasteiger partial charge in [-0.15, -0.1) is 0 Å². The Morgan fingerprint density at radius 2 is 0.762 bits per heavy atom. The van der Waals surface area contributed by atoms with Crippen molar-refractivity contribution in [3.05, 3.63) is 7.43 Å². The second-order valence-corrected chi connectivity index (χ2v) is 3.17. The summed E-state index contributed by atoms with van der Waals surface area (Å²) < 4.78 is 0. The molecule has 0 unspecified atom stereocenters. The zero-order valence-electron chi connectivity index (χ0n) is 10.4. The van der Waals surface area contributed by atoms with E-state index in [2.05, 4.69) is 0 Å². The van der Waals surface area contributed by atoms with Crippen molar-refractivity contribution in [1.82, 2.24) is 0 Å².